The van der Waals surface area contributed by atoms with Crippen molar-refractivity contribution >= 4 is 27.1 Å². The Balaban J connectivity index is 1.81. The molecule has 7 heteroatoms. The highest BCUT2D eigenvalue weighted by atomic mass is 32.2. The van der Waals surface area contributed by atoms with Gasteiger partial charge in [0.1, 0.15) is 6.17 Å². The molecule has 2 aliphatic rings. The van der Waals surface area contributed by atoms with Crippen molar-refractivity contribution in [3.63, 3.8) is 0 Å². The quantitative estimate of drug-likeness (QED) is 0.906. The van der Waals surface area contributed by atoms with Gasteiger partial charge in [-0.3, -0.25) is 10.1 Å². The summed E-state index contributed by atoms with van der Waals surface area (Å²) < 4.78 is 23.9. The third kappa shape index (κ3) is 2.49. The van der Waals surface area contributed by atoms with Gasteiger partial charge in [-0.25, -0.2) is 8.42 Å². The topological polar surface area (TPSA) is 66.5 Å². The minimum Gasteiger partial charge on any atom is -0.320 e. The standard InChI is InChI=1S/C13H18N2O3S2/c1-9-4-5-11(19-9)13-14-7-12(16)15(13)8-10-3-2-6-20(10,17)18/h4-5,10,13-14H,2-3,6-8H2,1H3. The average molecular weight is 314 g/mol. The van der Waals surface area contributed by atoms with Gasteiger partial charge in [0.15, 0.2) is 9.84 Å². The number of carbonyl (C=O) groups is 1. The molecule has 1 aromatic rings. The Morgan fingerprint density at radius 3 is 2.85 bits per heavy atom. The lowest BCUT2D eigenvalue weighted by molar-refractivity contribution is -0.128. The maximum atomic E-state index is 12.0. The number of sulfone groups is 1. The number of carbonyl (C=O) groups excluding carboxylic acids is 1. The minimum atomic E-state index is -3.02. The predicted octanol–water partition coefficient (Wildman–Crippen LogP) is 1.06. The highest BCUT2D eigenvalue weighted by Gasteiger charge is 2.39. The van der Waals surface area contributed by atoms with Crippen molar-refractivity contribution in [3.05, 3.63) is 21.9 Å². The molecular formula is C13H18N2O3S2. The molecule has 2 unspecified atom stereocenters. The van der Waals surface area contributed by atoms with Gasteiger partial charge in [0, 0.05) is 16.3 Å². The molecule has 0 radical (unpaired) electrons. The highest BCUT2D eigenvalue weighted by Crippen LogP contribution is 2.31. The van der Waals surface area contributed by atoms with Gasteiger partial charge >= 0.3 is 0 Å². The molecule has 1 amide bonds. The van der Waals surface area contributed by atoms with Gasteiger partial charge < -0.3 is 4.90 Å². The van der Waals surface area contributed by atoms with Crippen molar-refractivity contribution in [2.24, 2.45) is 0 Å². The van der Waals surface area contributed by atoms with E-state index in [-0.39, 0.29) is 24.4 Å². The summed E-state index contributed by atoms with van der Waals surface area (Å²) in [6.45, 7) is 2.63. The average Bonchev–Trinajstić information content (AvgIpc) is 3.03. The van der Waals surface area contributed by atoms with E-state index < -0.39 is 15.1 Å². The van der Waals surface area contributed by atoms with Crippen LogP contribution in [0.2, 0.25) is 0 Å². The molecule has 0 aromatic carbocycles. The summed E-state index contributed by atoms with van der Waals surface area (Å²) in [6.07, 6.45) is 1.21. The van der Waals surface area contributed by atoms with E-state index in [9.17, 15) is 13.2 Å². The van der Waals surface area contributed by atoms with Crippen molar-refractivity contribution < 1.29 is 13.2 Å². The first-order valence-corrected chi connectivity index (χ1v) is 9.31. The van der Waals surface area contributed by atoms with Gasteiger partial charge in [-0.2, -0.15) is 0 Å². The number of nitrogens with one attached hydrogen (secondary N) is 1. The van der Waals surface area contributed by atoms with E-state index in [0.717, 1.165) is 4.88 Å². The Labute approximate surface area is 122 Å². The van der Waals surface area contributed by atoms with Gasteiger partial charge in [-0.1, -0.05) is 0 Å². The molecule has 2 atom stereocenters. The molecule has 2 saturated heterocycles. The molecule has 0 bridgehead atoms. The van der Waals surface area contributed by atoms with Crippen molar-refractivity contribution in [2.45, 2.75) is 31.2 Å². The Kier molecular flexibility index (Phi) is 3.60. The first-order chi connectivity index (χ1) is 9.47. The second-order valence-electron chi connectivity index (χ2n) is 5.41. The molecule has 5 nitrogen and oxygen atoms in total. The largest absolute Gasteiger partial charge is 0.320 e. The van der Waals surface area contributed by atoms with Crippen LogP contribution in [-0.2, 0) is 14.6 Å². The van der Waals surface area contributed by atoms with Crippen molar-refractivity contribution in [2.75, 3.05) is 18.8 Å². The fraction of sp³-hybridized carbons (Fsp3) is 0.615. The zero-order chi connectivity index (χ0) is 14.3. The van der Waals surface area contributed by atoms with Crippen molar-refractivity contribution in [1.29, 1.82) is 0 Å². The van der Waals surface area contributed by atoms with Gasteiger partial charge in [0.25, 0.3) is 0 Å². The lowest BCUT2D eigenvalue weighted by Gasteiger charge is -2.26. The van der Waals surface area contributed by atoms with Crippen LogP contribution >= 0.6 is 11.3 Å². The molecule has 0 saturated carbocycles. The number of rotatable bonds is 3. The van der Waals surface area contributed by atoms with Crippen molar-refractivity contribution in [1.82, 2.24) is 10.2 Å². The number of hydrogen-bond donors (Lipinski definition) is 1. The second kappa shape index (κ2) is 5.13. The van der Waals surface area contributed by atoms with Crippen LogP contribution in [0.15, 0.2) is 12.1 Å². The minimum absolute atomic E-state index is 0.0110. The third-order valence-electron chi connectivity index (χ3n) is 3.97. The summed E-state index contributed by atoms with van der Waals surface area (Å²) in [5.41, 5.74) is 0. The molecular weight excluding hydrogens is 296 g/mol. The number of nitrogens with zero attached hydrogens (tertiary/aromatic N) is 1. The molecule has 3 heterocycles. The van der Waals surface area contributed by atoms with Crippen LogP contribution in [0.25, 0.3) is 0 Å². The van der Waals surface area contributed by atoms with Crippen LogP contribution in [0.3, 0.4) is 0 Å². The molecule has 0 spiro atoms. The first kappa shape index (κ1) is 14.0. The van der Waals surface area contributed by atoms with E-state index >= 15 is 0 Å². The number of thiophene rings is 1. The van der Waals surface area contributed by atoms with E-state index in [1.54, 1.807) is 16.2 Å². The molecule has 20 heavy (non-hydrogen) atoms. The maximum absolute atomic E-state index is 12.0. The molecule has 1 N–H and O–H groups in total. The van der Waals surface area contributed by atoms with E-state index in [1.165, 1.54) is 4.88 Å². The Morgan fingerprint density at radius 2 is 2.25 bits per heavy atom. The molecule has 2 fully saturated rings. The molecule has 2 aliphatic heterocycles. The maximum Gasteiger partial charge on any atom is 0.238 e. The van der Waals surface area contributed by atoms with Crippen LogP contribution in [0, 0.1) is 6.92 Å². The summed E-state index contributed by atoms with van der Waals surface area (Å²) >= 11 is 1.64. The molecule has 110 valence electrons. The third-order valence-corrected chi connectivity index (χ3v) is 7.28. The van der Waals surface area contributed by atoms with Gasteiger partial charge in [-0.05, 0) is 31.9 Å². The number of hydrogen-bond acceptors (Lipinski definition) is 5. The van der Waals surface area contributed by atoms with Crippen LogP contribution in [0.4, 0.5) is 0 Å². The summed E-state index contributed by atoms with van der Waals surface area (Å²) in [6, 6.07) is 4.03. The first-order valence-electron chi connectivity index (χ1n) is 6.78. The number of aryl methyl sites for hydroxylation is 1. The van der Waals surface area contributed by atoms with Crippen molar-refractivity contribution in [3.8, 4) is 0 Å². The lowest BCUT2D eigenvalue weighted by Crippen LogP contribution is -2.38. The second-order valence-corrected chi connectivity index (χ2v) is 9.13. The van der Waals surface area contributed by atoms with E-state index in [0.29, 0.717) is 19.4 Å². The molecule has 0 aliphatic carbocycles. The van der Waals surface area contributed by atoms with E-state index in [2.05, 4.69) is 5.32 Å². The molecule has 3 rings (SSSR count). The monoisotopic (exact) mass is 314 g/mol. The lowest BCUT2D eigenvalue weighted by atomic mass is 10.2. The summed E-state index contributed by atoms with van der Waals surface area (Å²) in [5, 5.41) is 2.79. The highest BCUT2D eigenvalue weighted by molar-refractivity contribution is 7.92. The van der Waals surface area contributed by atoms with Gasteiger partial charge in [0.05, 0.1) is 17.5 Å². The van der Waals surface area contributed by atoms with Crippen LogP contribution in [-0.4, -0.2) is 43.3 Å². The summed E-state index contributed by atoms with van der Waals surface area (Å²) in [5.74, 6) is 0.249. The Bertz CT molecular complexity index is 623. The van der Waals surface area contributed by atoms with Crippen LogP contribution in [0.1, 0.15) is 28.8 Å². The fourth-order valence-corrected chi connectivity index (χ4v) is 5.67. The Morgan fingerprint density at radius 1 is 1.45 bits per heavy atom. The molecule has 1 aromatic heterocycles. The normalized spacial score (nSPS) is 29.2. The zero-order valence-electron chi connectivity index (χ0n) is 11.3. The zero-order valence-corrected chi connectivity index (χ0v) is 13.0. The smallest absolute Gasteiger partial charge is 0.238 e. The van der Waals surface area contributed by atoms with Crippen LogP contribution < -0.4 is 5.32 Å². The number of amides is 1. The van der Waals surface area contributed by atoms with Crippen LogP contribution in [0.5, 0.6) is 0 Å². The van der Waals surface area contributed by atoms with E-state index in [1.807, 2.05) is 19.1 Å². The summed E-state index contributed by atoms with van der Waals surface area (Å²) in [4.78, 5) is 16.0. The SMILES string of the molecule is Cc1ccc(C2NCC(=O)N2CC2CCCS2(=O)=O)s1. The van der Waals surface area contributed by atoms with Gasteiger partial charge in [-0.15, -0.1) is 11.3 Å². The van der Waals surface area contributed by atoms with E-state index in [4.69, 9.17) is 0 Å². The van der Waals surface area contributed by atoms with Gasteiger partial charge in [0.2, 0.25) is 5.91 Å². The summed E-state index contributed by atoms with van der Waals surface area (Å²) in [7, 11) is -3.02. The predicted molar refractivity (Wildman–Crippen MR) is 78.3 cm³/mol. The fourth-order valence-electron chi connectivity index (χ4n) is 2.88. The Hall–Kier alpha value is -0.920.